The summed E-state index contributed by atoms with van der Waals surface area (Å²) in [6.45, 7) is 4.55. The van der Waals surface area contributed by atoms with Crippen LogP contribution in [0, 0.1) is 0 Å². The van der Waals surface area contributed by atoms with E-state index in [1.807, 2.05) is 13.8 Å². The average molecular weight is 256 g/mol. The number of rotatable bonds is 7. The zero-order chi connectivity index (χ0) is 13.6. The molecule has 5 nitrogen and oxygen atoms in total. The molecule has 0 aromatic carbocycles. The van der Waals surface area contributed by atoms with Gasteiger partial charge in [-0.1, -0.05) is 26.7 Å². The molecule has 5 heteroatoms. The number of amides is 2. The zero-order valence-electron chi connectivity index (χ0n) is 11.4. The largest absolute Gasteiger partial charge is 0.389 e. The number of nitrogens with zero attached hydrogens (tertiary/aromatic N) is 1. The molecule has 1 heterocycles. The first kappa shape index (κ1) is 15.0. The molecule has 2 amide bonds. The van der Waals surface area contributed by atoms with Gasteiger partial charge < -0.3 is 5.11 Å². The molecule has 18 heavy (non-hydrogen) atoms. The quantitative estimate of drug-likeness (QED) is 0.722. The molecule has 104 valence electrons. The SMILES string of the molecule is CCCC(O)(CCC)CC(=O)NN1CCCC1=O. The third-order valence-corrected chi connectivity index (χ3v) is 3.25. The maximum Gasteiger partial charge on any atom is 0.241 e. The van der Waals surface area contributed by atoms with E-state index in [4.69, 9.17) is 0 Å². The Kier molecular flexibility index (Phi) is 5.59. The highest BCUT2D eigenvalue weighted by atomic mass is 16.3. The summed E-state index contributed by atoms with van der Waals surface area (Å²) in [5, 5.41) is 11.7. The monoisotopic (exact) mass is 256 g/mol. The van der Waals surface area contributed by atoms with Crippen molar-refractivity contribution in [3.63, 3.8) is 0 Å². The third-order valence-electron chi connectivity index (χ3n) is 3.25. The molecule has 1 fully saturated rings. The van der Waals surface area contributed by atoms with Crippen molar-refractivity contribution < 1.29 is 14.7 Å². The molecule has 0 unspecified atom stereocenters. The second-order valence-electron chi connectivity index (χ2n) is 5.09. The van der Waals surface area contributed by atoms with Gasteiger partial charge in [0, 0.05) is 13.0 Å². The van der Waals surface area contributed by atoms with Crippen LogP contribution in [-0.2, 0) is 9.59 Å². The first-order valence-electron chi connectivity index (χ1n) is 6.83. The summed E-state index contributed by atoms with van der Waals surface area (Å²) >= 11 is 0. The van der Waals surface area contributed by atoms with E-state index in [1.54, 1.807) is 0 Å². The number of hydrogen-bond acceptors (Lipinski definition) is 3. The van der Waals surface area contributed by atoms with Gasteiger partial charge in [-0.25, -0.2) is 0 Å². The van der Waals surface area contributed by atoms with E-state index in [2.05, 4.69) is 5.43 Å². The van der Waals surface area contributed by atoms with Crippen LogP contribution in [-0.4, -0.2) is 34.1 Å². The van der Waals surface area contributed by atoms with Crippen molar-refractivity contribution >= 4 is 11.8 Å². The molecule has 0 spiro atoms. The van der Waals surface area contributed by atoms with Crippen LogP contribution in [0.2, 0.25) is 0 Å². The average Bonchev–Trinajstić information content (AvgIpc) is 2.64. The van der Waals surface area contributed by atoms with Crippen molar-refractivity contribution in [3.05, 3.63) is 0 Å². The van der Waals surface area contributed by atoms with E-state index < -0.39 is 5.60 Å². The number of carbonyl (C=O) groups excluding carboxylic acids is 2. The lowest BCUT2D eigenvalue weighted by atomic mass is 9.89. The Bertz CT molecular complexity index is 299. The molecule has 1 aliphatic heterocycles. The molecule has 0 aliphatic carbocycles. The minimum absolute atomic E-state index is 0.0436. The van der Waals surface area contributed by atoms with E-state index in [0.717, 1.165) is 19.3 Å². The molecule has 0 radical (unpaired) electrons. The fourth-order valence-electron chi connectivity index (χ4n) is 2.49. The van der Waals surface area contributed by atoms with Gasteiger partial charge in [0.1, 0.15) is 0 Å². The van der Waals surface area contributed by atoms with Crippen molar-refractivity contribution in [1.29, 1.82) is 0 Å². The van der Waals surface area contributed by atoms with Crippen LogP contribution >= 0.6 is 0 Å². The summed E-state index contributed by atoms with van der Waals surface area (Å²) in [4.78, 5) is 23.2. The van der Waals surface area contributed by atoms with Crippen LogP contribution in [0.3, 0.4) is 0 Å². The van der Waals surface area contributed by atoms with Crippen LogP contribution < -0.4 is 5.43 Å². The van der Waals surface area contributed by atoms with E-state index in [1.165, 1.54) is 5.01 Å². The third kappa shape index (κ3) is 4.29. The standard InChI is InChI=1S/C13H24N2O3/c1-3-7-13(18,8-4-2)10-11(16)14-15-9-5-6-12(15)17/h18H,3-10H2,1-2H3,(H,14,16). The number of aliphatic hydroxyl groups is 1. The predicted molar refractivity (Wildman–Crippen MR) is 68.5 cm³/mol. The fourth-order valence-corrected chi connectivity index (χ4v) is 2.49. The molecule has 0 aromatic heterocycles. The number of nitrogens with one attached hydrogen (secondary N) is 1. The van der Waals surface area contributed by atoms with Gasteiger partial charge in [0.15, 0.2) is 0 Å². The summed E-state index contributed by atoms with van der Waals surface area (Å²) in [7, 11) is 0. The van der Waals surface area contributed by atoms with E-state index in [9.17, 15) is 14.7 Å². The Morgan fingerprint density at radius 1 is 1.39 bits per heavy atom. The van der Waals surface area contributed by atoms with Crippen molar-refractivity contribution in [2.45, 2.75) is 64.4 Å². The van der Waals surface area contributed by atoms with Crippen LogP contribution in [0.1, 0.15) is 58.8 Å². The number of hydrogen-bond donors (Lipinski definition) is 2. The van der Waals surface area contributed by atoms with Gasteiger partial charge in [0.2, 0.25) is 11.8 Å². The van der Waals surface area contributed by atoms with Crippen molar-refractivity contribution in [3.8, 4) is 0 Å². The normalized spacial score (nSPS) is 16.2. The van der Waals surface area contributed by atoms with E-state index >= 15 is 0 Å². The van der Waals surface area contributed by atoms with Crippen LogP contribution in [0.15, 0.2) is 0 Å². The highest BCUT2D eigenvalue weighted by Crippen LogP contribution is 2.23. The summed E-state index contributed by atoms with van der Waals surface area (Å²) < 4.78 is 0. The molecule has 0 bridgehead atoms. The van der Waals surface area contributed by atoms with Gasteiger partial charge >= 0.3 is 0 Å². The Morgan fingerprint density at radius 3 is 2.44 bits per heavy atom. The predicted octanol–water partition coefficient (Wildman–Crippen LogP) is 1.36. The van der Waals surface area contributed by atoms with Gasteiger partial charge in [-0.05, 0) is 19.3 Å². The van der Waals surface area contributed by atoms with Crippen molar-refractivity contribution in [2.75, 3.05) is 6.54 Å². The van der Waals surface area contributed by atoms with Gasteiger partial charge in [-0.2, -0.15) is 0 Å². The first-order valence-corrected chi connectivity index (χ1v) is 6.83. The second kappa shape index (κ2) is 6.73. The maximum absolute atomic E-state index is 11.8. The number of carbonyl (C=O) groups is 2. The van der Waals surface area contributed by atoms with Crippen LogP contribution in [0.5, 0.6) is 0 Å². The molecule has 1 rings (SSSR count). The lowest BCUT2D eigenvalue weighted by Gasteiger charge is -2.28. The van der Waals surface area contributed by atoms with Gasteiger partial charge in [0.05, 0.1) is 12.0 Å². The molecule has 0 atom stereocenters. The topological polar surface area (TPSA) is 69.6 Å². The van der Waals surface area contributed by atoms with E-state index in [-0.39, 0.29) is 18.2 Å². The Labute approximate surface area is 109 Å². The van der Waals surface area contributed by atoms with Crippen molar-refractivity contribution in [2.24, 2.45) is 0 Å². The molecule has 0 saturated carbocycles. The summed E-state index contributed by atoms with van der Waals surface area (Å²) in [5.41, 5.74) is 1.65. The zero-order valence-corrected chi connectivity index (χ0v) is 11.4. The molecule has 1 aliphatic rings. The summed E-state index contributed by atoms with van der Waals surface area (Å²) in [6.07, 6.45) is 4.25. The molecular formula is C13H24N2O3. The van der Waals surface area contributed by atoms with Crippen LogP contribution in [0.4, 0.5) is 0 Å². The fraction of sp³-hybridized carbons (Fsp3) is 0.846. The number of hydrazine groups is 1. The van der Waals surface area contributed by atoms with Gasteiger partial charge in [-0.3, -0.25) is 20.0 Å². The lowest BCUT2D eigenvalue weighted by molar-refractivity contribution is -0.141. The highest BCUT2D eigenvalue weighted by Gasteiger charge is 2.30. The minimum Gasteiger partial charge on any atom is -0.389 e. The van der Waals surface area contributed by atoms with E-state index in [0.29, 0.717) is 25.8 Å². The maximum atomic E-state index is 11.8. The molecule has 1 saturated heterocycles. The Morgan fingerprint density at radius 2 is 2.00 bits per heavy atom. The minimum atomic E-state index is -0.934. The summed E-state index contributed by atoms with van der Waals surface area (Å²) in [5.74, 6) is -0.312. The summed E-state index contributed by atoms with van der Waals surface area (Å²) in [6, 6.07) is 0. The second-order valence-corrected chi connectivity index (χ2v) is 5.09. The Hall–Kier alpha value is -1.10. The molecular weight excluding hydrogens is 232 g/mol. The van der Waals surface area contributed by atoms with Gasteiger partial charge in [0.25, 0.3) is 0 Å². The first-order chi connectivity index (χ1) is 8.50. The molecule has 2 N–H and O–H groups in total. The van der Waals surface area contributed by atoms with Crippen molar-refractivity contribution in [1.82, 2.24) is 10.4 Å². The molecule has 0 aromatic rings. The lowest BCUT2D eigenvalue weighted by Crippen LogP contribution is -2.46. The highest BCUT2D eigenvalue weighted by molar-refractivity contribution is 5.83. The Balaban J connectivity index is 2.47. The van der Waals surface area contributed by atoms with Crippen LogP contribution in [0.25, 0.3) is 0 Å². The van der Waals surface area contributed by atoms with Gasteiger partial charge in [-0.15, -0.1) is 0 Å². The smallest absolute Gasteiger partial charge is 0.241 e.